The van der Waals surface area contributed by atoms with Gasteiger partial charge in [-0.3, -0.25) is 0 Å². The Kier molecular flexibility index (Phi) is 3.85. The lowest BCUT2D eigenvalue weighted by atomic mass is 10.2. The standard InChI is InChI=1S/C14H12ClNO2/c15-12-7-6-11(8-13(12)16)14(17)18-9-10-4-2-1-3-5-10/h1-8H,9,16H2. The third-order valence-electron chi connectivity index (χ3n) is 2.44. The number of nitrogens with two attached hydrogens (primary N) is 1. The van der Waals surface area contributed by atoms with Gasteiger partial charge in [-0.05, 0) is 23.8 Å². The Balaban J connectivity index is 2.02. The molecule has 0 unspecified atom stereocenters. The van der Waals surface area contributed by atoms with Crippen LogP contribution in [-0.4, -0.2) is 5.97 Å². The van der Waals surface area contributed by atoms with Crippen LogP contribution in [0.4, 0.5) is 5.69 Å². The molecule has 0 amide bonds. The monoisotopic (exact) mass is 261 g/mol. The first-order valence-corrected chi connectivity index (χ1v) is 5.80. The van der Waals surface area contributed by atoms with E-state index in [2.05, 4.69) is 0 Å². The first-order chi connectivity index (χ1) is 8.66. The molecule has 0 aromatic heterocycles. The zero-order valence-corrected chi connectivity index (χ0v) is 10.4. The summed E-state index contributed by atoms with van der Waals surface area (Å²) in [5.74, 6) is -0.415. The molecule has 4 heteroatoms. The second-order valence-electron chi connectivity index (χ2n) is 3.80. The van der Waals surface area contributed by atoms with Crippen LogP contribution < -0.4 is 5.73 Å². The van der Waals surface area contributed by atoms with E-state index in [1.165, 1.54) is 6.07 Å². The van der Waals surface area contributed by atoms with E-state index in [0.29, 0.717) is 16.3 Å². The van der Waals surface area contributed by atoms with Crippen molar-refractivity contribution in [3.05, 3.63) is 64.7 Å². The third kappa shape index (κ3) is 3.02. The largest absolute Gasteiger partial charge is 0.457 e. The van der Waals surface area contributed by atoms with Gasteiger partial charge >= 0.3 is 5.97 Å². The molecular weight excluding hydrogens is 250 g/mol. The van der Waals surface area contributed by atoms with Gasteiger partial charge in [-0.2, -0.15) is 0 Å². The predicted octanol–water partition coefficient (Wildman–Crippen LogP) is 3.28. The fourth-order valence-corrected chi connectivity index (χ4v) is 1.59. The zero-order chi connectivity index (χ0) is 13.0. The first kappa shape index (κ1) is 12.5. The second kappa shape index (κ2) is 5.56. The van der Waals surface area contributed by atoms with Crippen molar-refractivity contribution in [1.29, 1.82) is 0 Å². The quantitative estimate of drug-likeness (QED) is 0.681. The van der Waals surface area contributed by atoms with Crippen LogP contribution in [-0.2, 0) is 11.3 Å². The summed E-state index contributed by atoms with van der Waals surface area (Å²) in [7, 11) is 0. The van der Waals surface area contributed by atoms with Gasteiger partial charge < -0.3 is 10.5 Å². The summed E-state index contributed by atoms with van der Waals surface area (Å²) in [5.41, 5.74) is 7.33. The van der Waals surface area contributed by atoms with Crippen LogP contribution in [0.15, 0.2) is 48.5 Å². The number of ether oxygens (including phenoxy) is 1. The Morgan fingerprint density at radius 2 is 1.89 bits per heavy atom. The lowest BCUT2D eigenvalue weighted by Gasteiger charge is -2.06. The van der Waals surface area contributed by atoms with Crippen LogP contribution in [0.1, 0.15) is 15.9 Å². The normalized spacial score (nSPS) is 10.1. The number of carbonyl (C=O) groups is 1. The molecule has 0 saturated carbocycles. The van der Waals surface area contributed by atoms with Gasteiger partial charge in [0.15, 0.2) is 0 Å². The molecule has 0 bridgehead atoms. The molecule has 0 heterocycles. The summed E-state index contributed by atoms with van der Waals surface area (Å²) >= 11 is 5.78. The van der Waals surface area contributed by atoms with E-state index in [-0.39, 0.29) is 6.61 Å². The van der Waals surface area contributed by atoms with Gasteiger partial charge in [0, 0.05) is 0 Å². The molecule has 2 N–H and O–H groups in total. The van der Waals surface area contributed by atoms with Crippen LogP contribution in [0.25, 0.3) is 0 Å². The average Bonchev–Trinajstić information content (AvgIpc) is 2.40. The number of halogens is 1. The average molecular weight is 262 g/mol. The van der Waals surface area contributed by atoms with Gasteiger partial charge in [0.2, 0.25) is 0 Å². The van der Waals surface area contributed by atoms with E-state index in [1.807, 2.05) is 30.3 Å². The van der Waals surface area contributed by atoms with E-state index < -0.39 is 5.97 Å². The maximum Gasteiger partial charge on any atom is 0.338 e. The Bertz CT molecular complexity index is 555. The molecule has 0 aliphatic rings. The molecule has 0 aliphatic heterocycles. The highest BCUT2D eigenvalue weighted by Gasteiger charge is 2.09. The fourth-order valence-electron chi connectivity index (χ4n) is 1.48. The Hall–Kier alpha value is -2.00. The lowest BCUT2D eigenvalue weighted by molar-refractivity contribution is 0.0473. The molecule has 0 fully saturated rings. The summed E-state index contributed by atoms with van der Waals surface area (Å²) < 4.78 is 5.17. The molecule has 0 spiro atoms. The number of esters is 1. The third-order valence-corrected chi connectivity index (χ3v) is 2.79. The molecule has 2 aromatic carbocycles. The van der Waals surface area contributed by atoms with Gasteiger partial charge in [-0.1, -0.05) is 41.9 Å². The van der Waals surface area contributed by atoms with E-state index >= 15 is 0 Å². The van der Waals surface area contributed by atoms with Crippen molar-refractivity contribution in [3.63, 3.8) is 0 Å². The fraction of sp³-hybridized carbons (Fsp3) is 0.0714. The van der Waals surface area contributed by atoms with Gasteiger partial charge in [-0.15, -0.1) is 0 Å². The molecule has 0 radical (unpaired) electrons. The highest BCUT2D eigenvalue weighted by Crippen LogP contribution is 2.20. The summed E-state index contributed by atoms with van der Waals surface area (Å²) in [6.45, 7) is 0.238. The van der Waals surface area contributed by atoms with Crippen molar-refractivity contribution >= 4 is 23.3 Å². The lowest BCUT2D eigenvalue weighted by Crippen LogP contribution is -2.05. The smallest absolute Gasteiger partial charge is 0.338 e. The van der Waals surface area contributed by atoms with E-state index in [9.17, 15) is 4.79 Å². The first-order valence-electron chi connectivity index (χ1n) is 5.43. The second-order valence-corrected chi connectivity index (χ2v) is 4.21. The van der Waals surface area contributed by atoms with Gasteiger partial charge in [-0.25, -0.2) is 4.79 Å². The molecule has 0 aliphatic carbocycles. The number of benzene rings is 2. The van der Waals surface area contributed by atoms with Gasteiger partial charge in [0.05, 0.1) is 16.3 Å². The molecule has 0 atom stereocenters. The summed E-state index contributed by atoms with van der Waals surface area (Å²) in [5, 5.41) is 0.426. The number of nitrogen functional groups attached to an aromatic ring is 1. The van der Waals surface area contributed by atoms with Crippen molar-refractivity contribution < 1.29 is 9.53 Å². The number of rotatable bonds is 3. The van der Waals surface area contributed by atoms with Crippen LogP contribution >= 0.6 is 11.6 Å². The summed E-state index contributed by atoms with van der Waals surface area (Å²) in [6, 6.07) is 14.2. The minimum atomic E-state index is -0.415. The SMILES string of the molecule is Nc1cc(C(=O)OCc2ccccc2)ccc1Cl. The van der Waals surface area contributed by atoms with Crippen LogP contribution in [0.5, 0.6) is 0 Å². The van der Waals surface area contributed by atoms with Gasteiger partial charge in [0.25, 0.3) is 0 Å². The van der Waals surface area contributed by atoms with Gasteiger partial charge in [0.1, 0.15) is 6.61 Å². The number of anilines is 1. The molecular formula is C14H12ClNO2. The van der Waals surface area contributed by atoms with Crippen molar-refractivity contribution in [2.75, 3.05) is 5.73 Å². The maximum absolute atomic E-state index is 11.8. The van der Waals surface area contributed by atoms with Crippen LogP contribution in [0.3, 0.4) is 0 Å². The topological polar surface area (TPSA) is 52.3 Å². The Morgan fingerprint density at radius 3 is 2.56 bits per heavy atom. The van der Waals surface area contributed by atoms with E-state index in [4.69, 9.17) is 22.1 Å². The van der Waals surface area contributed by atoms with Crippen LogP contribution in [0, 0.1) is 0 Å². The maximum atomic E-state index is 11.8. The van der Waals surface area contributed by atoms with E-state index in [1.54, 1.807) is 12.1 Å². The predicted molar refractivity (Wildman–Crippen MR) is 71.4 cm³/mol. The minimum absolute atomic E-state index is 0.238. The summed E-state index contributed by atoms with van der Waals surface area (Å²) in [6.07, 6.45) is 0. The van der Waals surface area contributed by atoms with Crippen molar-refractivity contribution in [2.24, 2.45) is 0 Å². The highest BCUT2D eigenvalue weighted by molar-refractivity contribution is 6.33. The van der Waals surface area contributed by atoms with E-state index in [0.717, 1.165) is 5.56 Å². The highest BCUT2D eigenvalue weighted by atomic mass is 35.5. The molecule has 3 nitrogen and oxygen atoms in total. The molecule has 18 heavy (non-hydrogen) atoms. The molecule has 2 aromatic rings. The molecule has 92 valence electrons. The molecule has 0 saturated heterocycles. The summed E-state index contributed by atoms with van der Waals surface area (Å²) in [4.78, 5) is 11.8. The Labute approximate surface area is 110 Å². The number of hydrogen-bond acceptors (Lipinski definition) is 3. The minimum Gasteiger partial charge on any atom is -0.457 e. The van der Waals surface area contributed by atoms with Crippen molar-refractivity contribution in [1.82, 2.24) is 0 Å². The Morgan fingerprint density at radius 1 is 1.17 bits per heavy atom. The molecule has 2 rings (SSSR count). The van der Waals surface area contributed by atoms with Crippen molar-refractivity contribution in [3.8, 4) is 0 Å². The number of hydrogen-bond donors (Lipinski definition) is 1. The van der Waals surface area contributed by atoms with Crippen LogP contribution in [0.2, 0.25) is 5.02 Å². The van der Waals surface area contributed by atoms with Crippen molar-refractivity contribution in [2.45, 2.75) is 6.61 Å². The number of carbonyl (C=O) groups excluding carboxylic acids is 1. The zero-order valence-electron chi connectivity index (χ0n) is 9.60.